The monoisotopic (exact) mass is 350 g/mol. The molecule has 1 fully saturated rings. The Bertz CT molecular complexity index is 618. The largest absolute Gasteiger partial charge is 0.469 e. The zero-order valence-electron chi connectivity index (χ0n) is 12.1. The average molecular weight is 350 g/mol. The van der Waals surface area contributed by atoms with E-state index in [1.807, 2.05) is 0 Å². The zero-order valence-corrected chi connectivity index (χ0v) is 12.9. The summed E-state index contributed by atoms with van der Waals surface area (Å²) in [6.07, 6.45) is -2.13. The number of aliphatic hydroxyl groups excluding tert-OH is 2. The van der Waals surface area contributed by atoms with Crippen LogP contribution >= 0.6 is 7.82 Å². The third kappa shape index (κ3) is 4.33. The summed E-state index contributed by atoms with van der Waals surface area (Å²) in [7, 11) is -3.50. The highest BCUT2D eigenvalue weighted by Crippen LogP contribution is 2.37. The molecule has 0 aliphatic carbocycles. The molecule has 4 N–H and O–H groups in total. The Labute approximate surface area is 131 Å². The second-order valence-electron chi connectivity index (χ2n) is 4.86. The molecule has 4 atom stereocenters. The number of nitrogens with zero attached hydrogens (tertiary/aromatic N) is 1. The van der Waals surface area contributed by atoms with Crippen molar-refractivity contribution in [3.05, 3.63) is 30.1 Å². The van der Waals surface area contributed by atoms with Gasteiger partial charge in [-0.3, -0.25) is 4.52 Å². The molecule has 11 heteroatoms. The van der Waals surface area contributed by atoms with E-state index in [2.05, 4.69) is 9.26 Å². The van der Waals surface area contributed by atoms with Crippen molar-refractivity contribution in [2.45, 2.75) is 24.5 Å². The topological polar surface area (TPSA) is 147 Å². The maximum Gasteiger partial charge on any atom is 0.469 e. The Balaban J connectivity index is 2.14. The van der Waals surface area contributed by atoms with Gasteiger partial charge in [0.1, 0.15) is 17.8 Å². The standard InChI is InChI=1S/C12H16NO9P/c1-20-12(16)7-3-2-4-13(5-7)11-10(15)9(14)8(22-11)6-21-23(17,18)19/h2-5,8-11,14-15H,6H2,1H3,(H-,17,18,19)/p+1/t8-,9?,10?,11?/m1/s1. The van der Waals surface area contributed by atoms with E-state index in [0.717, 1.165) is 0 Å². The number of pyridine rings is 1. The molecule has 0 amide bonds. The summed E-state index contributed by atoms with van der Waals surface area (Å²) in [5.41, 5.74) is 0.204. The molecule has 2 rings (SSSR count). The summed E-state index contributed by atoms with van der Waals surface area (Å²) in [6.45, 7) is -0.601. The summed E-state index contributed by atoms with van der Waals surface area (Å²) in [6, 6.07) is 3.02. The van der Waals surface area contributed by atoms with Gasteiger partial charge in [0.05, 0.1) is 13.7 Å². The van der Waals surface area contributed by atoms with Crippen LogP contribution in [-0.2, 0) is 18.6 Å². The van der Waals surface area contributed by atoms with Crippen molar-refractivity contribution >= 4 is 13.8 Å². The van der Waals surface area contributed by atoms with Gasteiger partial charge in [0, 0.05) is 6.07 Å². The van der Waals surface area contributed by atoms with E-state index < -0.39 is 44.9 Å². The van der Waals surface area contributed by atoms with Gasteiger partial charge in [-0.05, 0) is 6.07 Å². The van der Waals surface area contributed by atoms with Crippen molar-refractivity contribution in [3.8, 4) is 0 Å². The number of aromatic nitrogens is 1. The van der Waals surface area contributed by atoms with Crippen LogP contribution in [0.1, 0.15) is 16.6 Å². The highest BCUT2D eigenvalue weighted by atomic mass is 31.2. The number of phosphoric ester groups is 1. The van der Waals surface area contributed by atoms with Crippen molar-refractivity contribution in [2.75, 3.05) is 13.7 Å². The number of hydrogen-bond donors (Lipinski definition) is 4. The van der Waals surface area contributed by atoms with Gasteiger partial charge < -0.3 is 29.5 Å². The lowest BCUT2D eigenvalue weighted by Crippen LogP contribution is -2.46. The van der Waals surface area contributed by atoms with Crippen LogP contribution in [0.2, 0.25) is 0 Å². The number of phosphoric acid groups is 1. The minimum atomic E-state index is -4.72. The van der Waals surface area contributed by atoms with Crippen LogP contribution in [0, 0.1) is 0 Å². The van der Waals surface area contributed by atoms with E-state index in [0.29, 0.717) is 0 Å². The molecule has 23 heavy (non-hydrogen) atoms. The number of ether oxygens (including phenoxy) is 2. The van der Waals surface area contributed by atoms with Gasteiger partial charge in [-0.1, -0.05) is 0 Å². The molecule has 0 radical (unpaired) electrons. The summed E-state index contributed by atoms with van der Waals surface area (Å²) in [4.78, 5) is 28.8. The number of carbonyl (C=O) groups excluding carboxylic acids is 1. The zero-order chi connectivity index (χ0) is 17.2. The first kappa shape index (κ1) is 18.0. The fourth-order valence-corrected chi connectivity index (χ4v) is 2.51. The van der Waals surface area contributed by atoms with E-state index in [9.17, 15) is 19.6 Å². The van der Waals surface area contributed by atoms with Gasteiger partial charge in [-0.15, -0.1) is 0 Å². The van der Waals surface area contributed by atoms with E-state index in [1.165, 1.54) is 36.2 Å². The van der Waals surface area contributed by atoms with Crippen LogP contribution in [0.5, 0.6) is 0 Å². The first-order valence-corrected chi connectivity index (χ1v) is 8.07. The fourth-order valence-electron chi connectivity index (χ4n) is 2.17. The molecule has 0 spiro atoms. The fraction of sp³-hybridized carbons (Fsp3) is 0.500. The van der Waals surface area contributed by atoms with Crippen LogP contribution in [0.25, 0.3) is 0 Å². The second-order valence-corrected chi connectivity index (χ2v) is 6.10. The van der Waals surface area contributed by atoms with Crippen LogP contribution < -0.4 is 4.57 Å². The molecule has 0 saturated carbocycles. The Hall–Kier alpha value is -1.39. The average Bonchev–Trinajstić information content (AvgIpc) is 2.79. The van der Waals surface area contributed by atoms with Crippen molar-refractivity contribution in [3.63, 3.8) is 0 Å². The quantitative estimate of drug-likeness (QED) is 0.283. The third-order valence-corrected chi connectivity index (χ3v) is 3.77. The Morgan fingerprint density at radius 1 is 1.39 bits per heavy atom. The second kappa shape index (κ2) is 7.02. The van der Waals surface area contributed by atoms with Crippen molar-refractivity contribution in [1.82, 2.24) is 0 Å². The lowest BCUT2D eigenvalue weighted by atomic mass is 10.1. The van der Waals surface area contributed by atoms with Crippen LogP contribution in [-0.4, -0.2) is 58.0 Å². The van der Waals surface area contributed by atoms with Gasteiger partial charge in [0.15, 0.2) is 18.5 Å². The van der Waals surface area contributed by atoms with Crippen molar-refractivity contribution in [1.29, 1.82) is 0 Å². The molecule has 1 aromatic rings. The van der Waals surface area contributed by atoms with Crippen LogP contribution in [0.4, 0.5) is 0 Å². The molecule has 0 aromatic carbocycles. The minimum absolute atomic E-state index is 0.204. The van der Waals surface area contributed by atoms with Gasteiger partial charge in [0.25, 0.3) is 6.23 Å². The van der Waals surface area contributed by atoms with Gasteiger partial charge >= 0.3 is 13.8 Å². The highest BCUT2D eigenvalue weighted by molar-refractivity contribution is 7.46. The highest BCUT2D eigenvalue weighted by Gasteiger charge is 2.48. The van der Waals surface area contributed by atoms with Gasteiger partial charge in [0.2, 0.25) is 0 Å². The minimum Gasteiger partial charge on any atom is -0.465 e. The summed E-state index contributed by atoms with van der Waals surface area (Å²) in [5.74, 6) is -0.589. The number of methoxy groups -OCH3 is 1. The molecule has 10 nitrogen and oxygen atoms in total. The molecule has 0 bridgehead atoms. The molecule has 1 aliphatic heterocycles. The maximum absolute atomic E-state index is 11.5. The molecule has 1 aliphatic rings. The molecular formula is C12H17NO9P+. The van der Waals surface area contributed by atoms with Crippen molar-refractivity contribution < 1.29 is 47.9 Å². The first-order chi connectivity index (χ1) is 10.7. The lowest BCUT2D eigenvalue weighted by Gasteiger charge is -2.13. The summed E-state index contributed by atoms with van der Waals surface area (Å²) >= 11 is 0. The first-order valence-electron chi connectivity index (χ1n) is 6.53. The third-order valence-electron chi connectivity index (χ3n) is 3.28. The number of carbonyl (C=O) groups is 1. The Morgan fingerprint density at radius 3 is 2.70 bits per heavy atom. The molecule has 3 unspecified atom stereocenters. The van der Waals surface area contributed by atoms with Crippen LogP contribution in [0.3, 0.4) is 0 Å². The molecule has 1 aromatic heterocycles. The Morgan fingerprint density at radius 2 is 2.09 bits per heavy atom. The number of hydrogen-bond acceptors (Lipinski definition) is 7. The smallest absolute Gasteiger partial charge is 0.465 e. The lowest BCUT2D eigenvalue weighted by molar-refractivity contribution is -0.765. The normalized spacial score (nSPS) is 27.9. The molecule has 1 saturated heterocycles. The summed E-state index contributed by atoms with van der Waals surface area (Å²) < 4.78 is 26.3. The van der Waals surface area contributed by atoms with Crippen LogP contribution in [0.15, 0.2) is 24.5 Å². The van der Waals surface area contributed by atoms with E-state index in [-0.39, 0.29) is 5.56 Å². The summed E-state index contributed by atoms with van der Waals surface area (Å²) in [5, 5.41) is 19.9. The number of rotatable bonds is 5. The Kier molecular flexibility index (Phi) is 5.48. The predicted octanol–water partition coefficient (Wildman–Crippen LogP) is -1.51. The number of aliphatic hydroxyl groups is 2. The van der Waals surface area contributed by atoms with E-state index in [4.69, 9.17) is 14.5 Å². The van der Waals surface area contributed by atoms with Crippen molar-refractivity contribution in [2.24, 2.45) is 0 Å². The SMILES string of the molecule is COC(=O)c1ccc[n+](C2O[C@H](COP(=O)(O)O)C(O)C2O)c1. The maximum atomic E-state index is 11.5. The van der Waals surface area contributed by atoms with Gasteiger partial charge in [-0.2, -0.15) is 4.57 Å². The molecule has 2 heterocycles. The molecule has 128 valence electrons. The van der Waals surface area contributed by atoms with Gasteiger partial charge in [-0.25, -0.2) is 9.36 Å². The van der Waals surface area contributed by atoms with E-state index >= 15 is 0 Å². The van der Waals surface area contributed by atoms with E-state index in [1.54, 1.807) is 0 Å². The number of esters is 1. The predicted molar refractivity (Wildman–Crippen MR) is 71.9 cm³/mol. The molecular weight excluding hydrogens is 333 g/mol.